The molecule has 2 aromatic rings. The highest BCUT2D eigenvalue weighted by Crippen LogP contribution is 2.12. The van der Waals surface area contributed by atoms with Gasteiger partial charge in [0.15, 0.2) is 5.96 Å². The summed E-state index contributed by atoms with van der Waals surface area (Å²) in [6, 6.07) is 11.5. The Morgan fingerprint density at radius 1 is 1.19 bits per heavy atom. The van der Waals surface area contributed by atoms with Crippen LogP contribution in [0.1, 0.15) is 37.8 Å². The summed E-state index contributed by atoms with van der Waals surface area (Å²) in [6.07, 6.45) is 6.33. The molecule has 6 nitrogen and oxygen atoms in total. The van der Waals surface area contributed by atoms with Gasteiger partial charge in [0, 0.05) is 50.5 Å². The Balaban J connectivity index is 1.45. The van der Waals surface area contributed by atoms with Crippen LogP contribution in [0, 0.1) is 0 Å². The van der Waals surface area contributed by atoms with Crippen molar-refractivity contribution in [2.45, 2.75) is 51.9 Å². The van der Waals surface area contributed by atoms with Crippen molar-refractivity contribution in [2.75, 3.05) is 20.1 Å². The zero-order chi connectivity index (χ0) is 19.1. The third-order valence-corrected chi connectivity index (χ3v) is 5.16. The lowest BCUT2D eigenvalue weighted by Gasteiger charge is -2.35. The van der Waals surface area contributed by atoms with E-state index in [0.29, 0.717) is 12.1 Å². The molecule has 0 unspecified atom stereocenters. The van der Waals surface area contributed by atoms with E-state index in [9.17, 15) is 0 Å². The molecule has 0 radical (unpaired) electrons. The Morgan fingerprint density at radius 2 is 1.93 bits per heavy atom. The first-order chi connectivity index (χ1) is 13.1. The van der Waals surface area contributed by atoms with Gasteiger partial charge >= 0.3 is 0 Å². The van der Waals surface area contributed by atoms with E-state index in [4.69, 9.17) is 0 Å². The first-order valence-electron chi connectivity index (χ1n) is 9.90. The molecule has 1 aromatic carbocycles. The minimum atomic E-state index is 0.493. The zero-order valence-electron chi connectivity index (χ0n) is 16.7. The number of aliphatic imine (C=N–C) groups is 1. The van der Waals surface area contributed by atoms with Gasteiger partial charge in [-0.2, -0.15) is 5.10 Å². The van der Waals surface area contributed by atoms with Crippen LogP contribution in [0.3, 0.4) is 0 Å². The minimum Gasteiger partial charge on any atom is -0.354 e. The van der Waals surface area contributed by atoms with Crippen LogP contribution in [0.5, 0.6) is 0 Å². The van der Waals surface area contributed by atoms with E-state index in [1.165, 1.54) is 5.56 Å². The van der Waals surface area contributed by atoms with Crippen LogP contribution in [0.25, 0.3) is 0 Å². The fourth-order valence-electron chi connectivity index (χ4n) is 3.49. The van der Waals surface area contributed by atoms with Crippen LogP contribution in [0.2, 0.25) is 0 Å². The van der Waals surface area contributed by atoms with Crippen LogP contribution in [-0.2, 0) is 13.1 Å². The summed E-state index contributed by atoms with van der Waals surface area (Å²) in [7, 11) is 1.83. The lowest BCUT2D eigenvalue weighted by Crippen LogP contribution is -2.49. The molecule has 2 N–H and O–H groups in total. The fraction of sp³-hybridized carbons (Fsp3) is 0.524. The highest BCUT2D eigenvalue weighted by Gasteiger charge is 2.21. The van der Waals surface area contributed by atoms with E-state index in [2.05, 4.69) is 69.9 Å². The van der Waals surface area contributed by atoms with Crippen molar-refractivity contribution >= 4 is 5.96 Å². The maximum absolute atomic E-state index is 4.47. The monoisotopic (exact) mass is 368 g/mol. The molecule has 1 fully saturated rings. The number of hydrogen-bond acceptors (Lipinski definition) is 3. The van der Waals surface area contributed by atoms with Gasteiger partial charge in [0.1, 0.15) is 0 Å². The second-order valence-electron chi connectivity index (χ2n) is 7.51. The van der Waals surface area contributed by atoms with E-state index in [0.717, 1.165) is 50.5 Å². The van der Waals surface area contributed by atoms with Crippen molar-refractivity contribution in [1.82, 2.24) is 25.3 Å². The molecular weight excluding hydrogens is 336 g/mol. The van der Waals surface area contributed by atoms with Crippen molar-refractivity contribution in [3.05, 3.63) is 53.9 Å². The van der Waals surface area contributed by atoms with Gasteiger partial charge in [-0.25, -0.2) is 0 Å². The van der Waals surface area contributed by atoms with Gasteiger partial charge in [-0.05, 0) is 32.3 Å². The first kappa shape index (κ1) is 19.4. The maximum Gasteiger partial charge on any atom is 0.191 e. The summed E-state index contributed by atoms with van der Waals surface area (Å²) in [5.74, 6) is 0.869. The number of aromatic nitrogens is 2. The van der Waals surface area contributed by atoms with E-state index in [1.807, 2.05) is 24.0 Å². The van der Waals surface area contributed by atoms with Gasteiger partial charge in [-0.15, -0.1) is 0 Å². The average Bonchev–Trinajstić information content (AvgIpc) is 3.13. The molecule has 27 heavy (non-hydrogen) atoms. The molecule has 1 saturated heterocycles. The minimum absolute atomic E-state index is 0.493. The number of benzene rings is 1. The summed E-state index contributed by atoms with van der Waals surface area (Å²) in [4.78, 5) is 6.92. The summed E-state index contributed by atoms with van der Waals surface area (Å²) in [6.45, 7) is 8.36. The standard InChI is InChI=1S/C21H32N6/c1-17(2)26-11-9-20(10-12-26)25-21(22-3)23-13-19-14-24-27(16-19)15-18-7-5-4-6-8-18/h4-8,14,16-17,20H,9-13,15H2,1-3H3,(H2,22,23,25). The molecule has 3 rings (SSSR count). The summed E-state index contributed by atoms with van der Waals surface area (Å²) < 4.78 is 1.98. The topological polar surface area (TPSA) is 57.5 Å². The van der Waals surface area contributed by atoms with Gasteiger partial charge in [-0.3, -0.25) is 9.67 Å². The number of guanidine groups is 1. The smallest absolute Gasteiger partial charge is 0.191 e. The van der Waals surface area contributed by atoms with Crippen molar-refractivity contribution in [3.8, 4) is 0 Å². The SMILES string of the molecule is CN=C(NCc1cnn(Cc2ccccc2)c1)NC1CCN(C(C)C)CC1. The predicted octanol–water partition coefficient (Wildman–Crippen LogP) is 2.47. The molecule has 0 bridgehead atoms. The molecule has 0 amide bonds. The van der Waals surface area contributed by atoms with Crippen LogP contribution in [0.4, 0.5) is 0 Å². The van der Waals surface area contributed by atoms with Gasteiger partial charge in [0.2, 0.25) is 0 Å². The highest BCUT2D eigenvalue weighted by molar-refractivity contribution is 5.79. The van der Waals surface area contributed by atoms with Crippen molar-refractivity contribution < 1.29 is 0 Å². The maximum atomic E-state index is 4.47. The lowest BCUT2D eigenvalue weighted by atomic mass is 10.0. The molecule has 2 heterocycles. The molecule has 1 aliphatic rings. The molecule has 0 saturated carbocycles. The van der Waals surface area contributed by atoms with E-state index >= 15 is 0 Å². The Bertz CT molecular complexity index is 713. The lowest BCUT2D eigenvalue weighted by molar-refractivity contribution is 0.167. The van der Waals surface area contributed by atoms with Gasteiger partial charge in [-0.1, -0.05) is 30.3 Å². The van der Waals surface area contributed by atoms with Crippen LogP contribution in [0.15, 0.2) is 47.7 Å². The second kappa shape index (κ2) is 9.55. The van der Waals surface area contributed by atoms with E-state index in [-0.39, 0.29) is 0 Å². The van der Waals surface area contributed by atoms with Crippen LogP contribution < -0.4 is 10.6 Å². The second-order valence-corrected chi connectivity index (χ2v) is 7.51. The van der Waals surface area contributed by atoms with Crippen molar-refractivity contribution in [2.24, 2.45) is 4.99 Å². The summed E-state index contributed by atoms with van der Waals surface area (Å²) in [5, 5.41) is 11.4. The molecule has 146 valence electrons. The van der Waals surface area contributed by atoms with Crippen molar-refractivity contribution in [1.29, 1.82) is 0 Å². The van der Waals surface area contributed by atoms with Gasteiger partial charge in [0.05, 0.1) is 12.7 Å². The third-order valence-electron chi connectivity index (χ3n) is 5.16. The fourth-order valence-corrected chi connectivity index (χ4v) is 3.49. The molecule has 1 aliphatic heterocycles. The van der Waals surface area contributed by atoms with Gasteiger partial charge in [0.25, 0.3) is 0 Å². The molecule has 0 atom stereocenters. The Hall–Kier alpha value is -2.34. The number of nitrogens with zero attached hydrogens (tertiary/aromatic N) is 4. The number of nitrogens with one attached hydrogen (secondary N) is 2. The van der Waals surface area contributed by atoms with Crippen LogP contribution in [-0.4, -0.2) is 52.9 Å². The summed E-state index contributed by atoms with van der Waals surface area (Å²) in [5.41, 5.74) is 2.41. The molecule has 1 aromatic heterocycles. The Morgan fingerprint density at radius 3 is 2.59 bits per heavy atom. The first-order valence-corrected chi connectivity index (χ1v) is 9.90. The Kier molecular flexibility index (Phi) is 6.87. The number of likely N-dealkylation sites (tertiary alicyclic amines) is 1. The number of piperidine rings is 1. The quantitative estimate of drug-likeness (QED) is 0.607. The Labute approximate surface area is 162 Å². The van der Waals surface area contributed by atoms with Crippen LogP contribution >= 0.6 is 0 Å². The third kappa shape index (κ3) is 5.82. The number of rotatable bonds is 6. The average molecular weight is 369 g/mol. The highest BCUT2D eigenvalue weighted by atomic mass is 15.3. The summed E-state index contributed by atoms with van der Waals surface area (Å²) >= 11 is 0. The molecule has 0 aliphatic carbocycles. The number of hydrogen-bond donors (Lipinski definition) is 2. The molecule has 0 spiro atoms. The normalized spacial score (nSPS) is 16.7. The predicted molar refractivity (Wildman–Crippen MR) is 111 cm³/mol. The zero-order valence-corrected chi connectivity index (χ0v) is 16.7. The molecular formula is C21H32N6. The van der Waals surface area contributed by atoms with E-state index in [1.54, 1.807) is 0 Å². The largest absolute Gasteiger partial charge is 0.354 e. The molecule has 6 heteroatoms. The van der Waals surface area contributed by atoms with Gasteiger partial charge < -0.3 is 15.5 Å². The van der Waals surface area contributed by atoms with Crippen molar-refractivity contribution in [3.63, 3.8) is 0 Å². The van der Waals surface area contributed by atoms with E-state index < -0.39 is 0 Å².